The Bertz CT molecular complexity index is 746. The number of carboxylic acids is 1. The normalized spacial score (nSPS) is 18.6. The van der Waals surface area contributed by atoms with Crippen LogP contribution in [0.4, 0.5) is 4.79 Å². The Hall–Kier alpha value is -2.90. The molecule has 8 nitrogen and oxygen atoms in total. The van der Waals surface area contributed by atoms with E-state index in [2.05, 4.69) is 15.5 Å². The van der Waals surface area contributed by atoms with Gasteiger partial charge in [0.15, 0.2) is 5.82 Å². The summed E-state index contributed by atoms with van der Waals surface area (Å²) in [4.78, 5) is 29.3. The Labute approximate surface area is 144 Å². The van der Waals surface area contributed by atoms with Crippen LogP contribution in [0.15, 0.2) is 34.9 Å². The number of rotatable bonds is 4. The second-order valence-electron chi connectivity index (χ2n) is 6.12. The van der Waals surface area contributed by atoms with Crippen molar-refractivity contribution in [2.24, 2.45) is 5.92 Å². The van der Waals surface area contributed by atoms with Gasteiger partial charge in [0, 0.05) is 18.7 Å². The third-order valence-corrected chi connectivity index (χ3v) is 4.25. The predicted molar refractivity (Wildman–Crippen MR) is 88.6 cm³/mol. The molecule has 1 aliphatic heterocycles. The summed E-state index contributed by atoms with van der Waals surface area (Å²) in [5.74, 6) is -0.611. The van der Waals surface area contributed by atoms with Gasteiger partial charge in [0.25, 0.3) is 5.89 Å². The molecule has 1 aromatic heterocycles. The zero-order valence-corrected chi connectivity index (χ0v) is 13.9. The number of benzene rings is 1. The third-order valence-electron chi connectivity index (χ3n) is 4.25. The number of nitrogens with one attached hydrogen (secondary N) is 1. The predicted octanol–water partition coefficient (Wildman–Crippen LogP) is 2.30. The summed E-state index contributed by atoms with van der Waals surface area (Å²) in [7, 11) is 0. The van der Waals surface area contributed by atoms with E-state index in [1.165, 1.54) is 4.90 Å². The van der Waals surface area contributed by atoms with Gasteiger partial charge in [-0.15, -0.1) is 0 Å². The van der Waals surface area contributed by atoms with Gasteiger partial charge in [-0.05, 0) is 31.9 Å². The number of piperidine rings is 1. The van der Waals surface area contributed by atoms with Crippen LogP contribution in [0.3, 0.4) is 0 Å². The zero-order chi connectivity index (χ0) is 17.8. The van der Waals surface area contributed by atoms with Gasteiger partial charge < -0.3 is 19.8 Å². The van der Waals surface area contributed by atoms with Crippen LogP contribution in [0.1, 0.15) is 31.6 Å². The lowest BCUT2D eigenvalue weighted by Gasteiger charge is -2.31. The van der Waals surface area contributed by atoms with Gasteiger partial charge in [-0.2, -0.15) is 4.98 Å². The van der Waals surface area contributed by atoms with Crippen molar-refractivity contribution in [2.75, 3.05) is 13.1 Å². The first kappa shape index (κ1) is 16.9. The van der Waals surface area contributed by atoms with Crippen molar-refractivity contribution in [3.63, 3.8) is 0 Å². The van der Waals surface area contributed by atoms with E-state index in [-0.39, 0.29) is 12.6 Å². The molecule has 0 spiro atoms. The van der Waals surface area contributed by atoms with Crippen LogP contribution in [0, 0.1) is 5.92 Å². The quantitative estimate of drug-likeness (QED) is 0.881. The number of hydrogen-bond acceptors (Lipinski definition) is 5. The molecule has 2 aromatic rings. The number of urea groups is 1. The number of aliphatic carboxylic acids is 1. The fourth-order valence-corrected chi connectivity index (χ4v) is 2.81. The molecule has 8 heteroatoms. The van der Waals surface area contributed by atoms with Crippen LogP contribution in [0.25, 0.3) is 11.5 Å². The maximum Gasteiger partial charge on any atom is 0.318 e. The Morgan fingerprint density at radius 3 is 2.84 bits per heavy atom. The first-order chi connectivity index (χ1) is 12.0. The SMILES string of the molecule is CC(NC(=O)N1CCCC(C(=O)O)C1)c1noc(-c2ccccc2)n1. The summed E-state index contributed by atoms with van der Waals surface area (Å²) in [6.45, 7) is 2.52. The summed E-state index contributed by atoms with van der Waals surface area (Å²) >= 11 is 0. The topological polar surface area (TPSA) is 109 Å². The molecule has 1 aliphatic rings. The molecule has 1 saturated heterocycles. The lowest BCUT2D eigenvalue weighted by atomic mass is 9.99. The van der Waals surface area contributed by atoms with E-state index in [4.69, 9.17) is 9.63 Å². The van der Waals surface area contributed by atoms with Gasteiger partial charge in [0.2, 0.25) is 0 Å². The molecule has 2 unspecified atom stereocenters. The summed E-state index contributed by atoms with van der Waals surface area (Å²) in [5, 5.41) is 15.8. The number of amides is 2. The molecule has 1 aromatic carbocycles. The average molecular weight is 344 g/mol. The largest absolute Gasteiger partial charge is 0.481 e. The van der Waals surface area contributed by atoms with Crippen molar-refractivity contribution in [3.05, 3.63) is 36.2 Å². The summed E-state index contributed by atoms with van der Waals surface area (Å²) in [6, 6.07) is 8.61. The van der Waals surface area contributed by atoms with Crippen LogP contribution in [-0.2, 0) is 4.79 Å². The first-order valence-electron chi connectivity index (χ1n) is 8.22. The van der Waals surface area contributed by atoms with Crippen molar-refractivity contribution in [1.29, 1.82) is 0 Å². The second-order valence-corrected chi connectivity index (χ2v) is 6.12. The smallest absolute Gasteiger partial charge is 0.318 e. The average Bonchev–Trinajstić information content (AvgIpc) is 3.13. The molecule has 1 fully saturated rings. The fourth-order valence-electron chi connectivity index (χ4n) is 2.81. The van der Waals surface area contributed by atoms with Gasteiger partial charge in [-0.25, -0.2) is 4.79 Å². The molecule has 0 aliphatic carbocycles. The molecule has 132 valence electrons. The highest BCUT2D eigenvalue weighted by molar-refractivity contribution is 5.76. The Balaban J connectivity index is 1.62. The minimum atomic E-state index is -0.865. The van der Waals surface area contributed by atoms with E-state index in [0.29, 0.717) is 31.1 Å². The number of carbonyl (C=O) groups excluding carboxylic acids is 1. The van der Waals surface area contributed by atoms with Crippen molar-refractivity contribution >= 4 is 12.0 Å². The molecule has 2 amide bonds. The molecule has 0 radical (unpaired) electrons. The number of hydrogen-bond donors (Lipinski definition) is 2. The third kappa shape index (κ3) is 3.96. The first-order valence-corrected chi connectivity index (χ1v) is 8.22. The molecule has 3 rings (SSSR count). The number of carbonyl (C=O) groups is 2. The van der Waals surface area contributed by atoms with Gasteiger partial charge in [0.05, 0.1) is 12.0 Å². The molecule has 25 heavy (non-hydrogen) atoms. The van der Waals surface area contributed by atoms with Crippen LogP contribution < -0.4 is 5.32 Å². The number of aromatic nitrogens is 2. The molecular weight excluding hydrogens is 324 g/mol. The number of likely N-dealkylation sites (tertiary alicyclic amines) is 1. The minimum absolute atomic E-state index is 0.218. The highest BCUT2D eigenvalue weighted by Gasteiger charge is 2.29. The van der Waals surface area contributed by atoms with E-state index in [1.54, 1.807) is 6.92 Å². The Kier molecular flexibility index (Phi) is 4.97. The molecule has 0 saturated carbocycles. The van der Waals surface area contributed by atoms with E-state index >= 15 is 0 Å². The highest BCUT2D eigenvalue weighted by Crippen LogP contribution is 2.20. The summed E-state index contributed by atoms with van der Waals surface area (Å²) in [5.41, 5.74) is 0.806. The molecule has 2 N–H and O–H groups in total. The van der Waals surface area contributed by atoms with E-state index < -0.39 is 17.9 Å². The van der Waals surface area contributed by atoms with Crippen molar-refractivity contribution in [1.82, 2.24) is 20.4 Å². The van der Waals surface area contributed by atoms with Crippen molar-refractivity contribution in [3.8, 4) is 11.5 Å². The van der Waals surface area contributed by atoms with Gasteiger partial charge in [-0.3, -0.25) is 4.79 Å². The standard InChI is InChI=1S/C17H20N4O4/c1-11(14-19-15(25-20-14)12-6-3-2-4-7-12)18-17(24)21-9-5-8-13(10-21)16(22)23/h2-4,6-7,11,13H,5,8-10H2,1H3,(H,18,24)(H,22,23). The van der Waals surface area contributed by atoms with Gasteiger partial charge in [-0.1, -0.05) is 23.4 Å². The number of carboxylic acid groups (broad SMARTS) is 1. The van der Waals surface area contributed by atoms with Crippen molar-refractivity contribution in [2.45, 2.75) is 25.8 Å². The monoisotopic (exact) mass is 344 g/mol. The molecule has 0 bridgehead atoms. The maximum absolute atomic E-state index is 12.4. The Morgan fingerprint density at radius 2 is 2.12 bits per heavy atom. The lowest BCUT2D eigenvalue weighted by molar-refractivity contribution is -0.143. The van der Waals surface area contributed by atoms with Crippen LogP contribution >= 0.6 is 0 Å². The molecule has 2 atom stereocenters. The van der Waals surface area contributed by atoms with Crippen LogP contribution in [-0.4, -0.2) is 45.2 Å². The van der Waals surface area contributed by atoms with Gasteiger partial charge in [0.1, 0.15) is 0 Å². The van der Waals surface area contributed by atoms with E-state index in [0.717, 1.165) is 5.56 Å². The Morgan fingerprint density at radius 1 is 1.36 bits per heavy atom. The second kappa shape index (κ2) is 7.33. The lowest BCUT2D eigenvalue weighted by Crippen LogP contribution is -2.47. The van der Waals surface area contributed by atoms with Crippen LogP contribution in [0.5, 0.6) is 0 Å². The van der Waals surface area contributed by atoms with Crippen molar-refractivity contribution < 1.29 is 19.2 Å². The molecule has 2 heterocycles. The minimum Gasteiger partial charge on any atom is -0.481 e. The number of nitrogens with zero attached hydrogens (tertiary/aromatic N) is 3. The molecular formula is C17H20N4O4. The van der Waals surface area contributed by atoms with E-state index in [9.17, 15) is 9.59 Å². The zero-order valence-electron chi connectivity index (χ0n) is 13.9. The summed E-state index contributed by atoms with van der Waals surface area (Å²) < 4.78 is 5.24. The van der Waals surface area contributed by atoms with E-state index in [1.807, 2.05) is 30.3 Å². The highest BCUT2D eigenvalue weighted by atomic mass is 16.5. The van der Waals surface area contributed by atoms with Gasteiger partial charge >= 0.3 is 12.0 Å². The fraction of sp³-hybridized carbons (Fsp3) is 0.412. The maximum atomic E-state index is 12.4. The van der Waals surface area contributed by atoms with Crippen LogP contribution in [0.2, 0.25) is 0 Å². The summed E-state index contributed by atoms with van der Waals surface area (Å²) in [6.07, 6.45) is 1.28.